The number of aliphatic hydroxyl groups is 1. The van der Waals surface area contributed by atoms with Gasteiger partial charge in [-0.2, -0.15) is 4.31 Å². The van der Waals surface area contributed by atoms with Gasteiger partial charge in [0.25, 0.3) is 0 Å². The van der Waals surface area contributed by atoms with Gasteiger partial charge in [0.2, 0.25) is 10.0 Å². The molecule has 0 bridgehead atoms. The Balaban J connectivity index is 2.22. The third-order valence-corrected chi connectivity index (χ3v) is 6.18. The van der Waals surface area contributed by atoms with E-state index in [1.165, 1.54) is 0 Å². The molecule has 0 aliphatic carbocycles. The summed E-state index contributed by atoms with van der Waals surface area (Å²) in [5.41, 5.74) is 0.462. The number of sulfonamides is 1. The summed E-state index contributed by atoms with van der Waals surface area (Å²) in [6.07, 6.45) is 0.863. The normalized spacial score (nSPS) is 20.3. The maximum Gasteiger partial charge on any atom is 0.243 e. The molecule has 6 heteroatoms. The van der Waals surface area contributed by atoms with Crippen molar-refractivity contribution in [2.75, 3.05) is 26.2 Å². The third-order valence-electron chi connectivity index (χ3n) is 4.22. The van der Waals surface area contributed by atoms with E-state index >= 15 is 0 Å². The molecule has 0 radical (unpaired) electrons. The minimum atomic E-state index is -3.52. The van der Waals surface area contributed by atoms with Crippen molar-refractivity contribution in [3.05, 3.63) is 29.8 Å². The molecule has 2 rings (SSSR count). The zero-order valence-electron chi connectivity index (χ0n) is 12.7. The summed E-state index contributed by atoms with van der Waals surface area (Å²) in [5, 5.41) is 9.35. The molecule has 118 valence electrons. The lowest BCUT2D eigenvalue weighted by Gasteiger charge is -2.26. The molecule has 1 unspecified atom stereocenters. The van der Waals surface area contributed by atoms with Crippen molar-refractivity contribution in [2.24, 2.45) is 0 Å². The summed E-state index contributed by atoms with van der Waals surface area (Å²) in [4.78, 5) is 2.53. The SMILES string of the molecule is CCN(CC)C1CCN(S(=O)(=O)c2ccccc2CO)C1. The summed E-state index contributed by atoms with van der Waals surface area (Å²) in [7, 11) is -3.52. The van der Waals surface area contributed by atoms with Crippen LogP contribution in [0.4, 0.5) is 0 Å². The first-order chi connectivity index (χ1) is 10.0. The Kier molecular flexibility index (Phi) is 5.37. The number of benzene rings is 1. The average Bonchev–Trinajstić information content (AvgIpc) is 2.99. The van der Waals surface area contributed by atoms with Crippen molar-refractivity contribution in [3.8, 4) is 0 Å². The second-order valence-electron chi connectivity index (χ2n) is 5.29. The highest BCUT2D eigenvalue weighted by Gasteiger charge is 2.35. The van der Waals surface area contributed by atoms with Crippen LogP contribution in [0.1, 0.15) is 25.8 Å². The number of aliphatic hydroxyl groups excluding tert-OH is 1. The Bertz CT molecular complexity index is 570. The topological polar surface area (TPSA) is 60.9 Å². The standard InChI is InChI=1S/C15H24N2O3S/c1-3-16(4-2)14-9-10-17(11-14)21(19,20)15-8-6-5-7-13(15)12-18/h5-8,14,18H,3-4,9-12H2,1-2H3. The molecule has 1 aromatic rings. The third kappa shape index (κ3) is 3.29. The molecular weight excluding hydrogens is 288 g/mol. The average molecular weight is 312 g/mol. The van der Waals surface area contributed by atoms with E-state index in [4.69, 9.17) is 0 Å². The van der Waals surface area contributed by atoms with E-state index < -0.39 is 10.0 Å². The van der Waals surface area contributed by atoms with E-state index in [2.05, 4.69) is 18.7 Å². The first-order valence-electron chi connectivity index (χ1n) is 7.47. The van der Waals surface area contributed by atoms with Crippen LogP contribution in [-0.2, 0) is 16.6 Å². The van der Waals surface area contributed by atoms with Crippen LogP contribution in [-0.4, -0.2) is 55.0 Å². The molecule has 1 fully saturated rings. The maximum atomic E-state index is 12.8. The molecule has 1 atom stereocenters. The van der Waals surface area contributed by atoms with Gasteiger partial charge >= 0.3 is 0 Å². The summed E-state index contributed by atoms with van der Waals surface area (Å²) < 4.78 is 27.1. The van der Waals surface area contributed by atoms with Crippen LogP contribution in [0.15, 0.2) is 29.2 Å². The fourth-order valence-electron chi connectivity index (χ4n) is 2.99. The minimum Gasteiger partial charge on any atom is -0.392 e. The fraction of sp³-hybridized carbons (Fsp3) is 0.600. The van der Waals surface area contributed by atoms with Crippen LogP contribution < -0.4 is 0 Å². The number of hydrogen-bond donors (Lipinski definition) is 1. The van der Waals surface area contributed by atoms with Crippen LogP contribution in [0.5, 0.6) is 0 Å². The summed E-state index contributed by atoms with van der Waals surface area (Å²) in [5.74, 6) is 0. The molecule has 1 aliphatic heterocycles. The monoisotopic (exact) mass is 312 g/mol. The summed E-state index contributed by atoms with van der Waals surface area (Å²) >= 11 is 0. The van der Waals surface area contributed by atoms with Crippen molar-refractivity contribution < 1.29 is 13.5 Å². The molecular formula is C15H24N2O3S. The lowest BCUT2D eigenvalue weighted by atomic mass is 10.2. The van der Waals surface area contributed by atoms with Crippen molar-refractivity contribution >= 4 is 10.0 Å². The van der Waals surface area contributed by atoms with Crippen LogP contribution in [0.25, 0.3) is 0 Å². The lowest BCUT2D eigenvalue weighted by Crippen LogP contribution is -2.38. The van der Waals surface area contributed by atoms with Crippen molar-refractivity contribution in [3.63, 3.8) is 0 Å². The highest BCUT2D eigenvalue weighted by molar-refractivity contribution is 7.89. The molecule has 1 heterocycles. The van der Waals surface area contributed by atoms with Gasteiger partial charge < -0.3 is 5.11 Å². The van der Waals surface area contributed by atoms with E-state index in [1.807, 2.05) is 0 Å². The molecule has 1 aliphatic rings. The Morgan fingerprint density at radius 3 is 2.57 bits per heavy atom. The van der Waals surface area contributed by atoms with Gasteiger partial charge in [0.15, 0.2) is 0 Å². The van der Waals surface area contributed by atoms with E-state index in [9.17, 15) is 13.5 Å². The Morgan fingerprint density at radius 2 is 1.95 bits per heavy atom. The zero-order chi connectivity index (χ0) is 15.5. The first-order valence-corrected chi connectivity index (χ1v) is 8.91. The van der Waals surface area contributed by atoms with Gasteiger partial charge in [0.1, 0.15) is 0 Å². The quantitative estimate of drug-likeness (QED) is 0.860. The van der Waals surface area contributed by atoms with Crippen molar-refractivity contribution in [1.29, 1.82) is 0 Å². The predicted molar refractivity (Wildman–Crippen MR) is 82.4 cm³/mol. The highest BCUT2D eigenvalue weighted by atomic mass is 32.2. The zero-order valence-corrected chi connectivity index (χ0v) is 13.5. The molecule has 0 aromatic heterocycles. The molecule has 5 nitrogen and oxygen atoms in total. The minimum absolute atomic E-state index is 0.229. The summed E-state index contributed by atoms with van der Waals surface area (Å²) in [6, 6.07) is 6.96. The number of nitrogens with zero attached hydrogens (tertiary/aromatic N) is 2. The molecule has 21 heavy (non-hydrogen) atoms. The van der Waals surface area contributed by atoms with Crippen LogP contribution in [0.2, 0.25) is 0 Å². The Hall–Kier alpha value is -0.950. The molecule has 0 saturated carbocycles. The van der Waals surface area contributed by atoms with Crippen molar-refractivity contribution in [2.45, 2.75) is 37.8 Å². The van der Waals surface area contributed by atoms with E-state index in [1.54, 1.807) is 28.6 Å². The molecule has 1 N–H and O–H groups in total. The van der Waals surface area contributed by atoms with Crippen LogP contribution in [0, 0.1) is 0 Å². The first kappa shape index (κ1) is 16.4. The molecule has 0 spiro atoms. The maximum absolute atomic E-state index is 12.8. The van der Waals surface area contributed by atoms with Gasteiger partial charge in [-0.25, -0.2) is 8.42 Å². The van der Waals surface area contributed by atoms with E-state index in [0.29, 0.717) is 18.7 Å². The van der Waals surface area contributed by atoms with Gasteiger partial charge in [-0.1, -0.05) is 32.0 Å². The highest BCUT2D eigenvalue weighted by Crippen LogP contribution is 2.25. The molecule has 1 aromatic carbocycles. The number of likely N-dealkylation sites (N-methyl/N-ethyl adjacent to an activating group) is 1. The van der Waals surface area contributed by atoms with Gasteiger partial charge in [-0.3, -0.25) is 4.90 Å². The van der Waals surface area contributed by atoms with Crippen LogP contribution in [0.3, 0.4) is 0 Å². The van der Waals surface area contributed by atoms with E-state index in [0.717, 1.165) is 19.5 Å². The van der Waals surface area contributed by atoms with Gasteiger partial charge in [0.05, 0.1) is 11.5 Å². The number of hydrogen-bond acceptors (Lipinski definition) is 4. The van der Waals surface area contributed by atoms with Crippen LogP contribution >= 0.6 is 0 Å². The smallest absolute Gasteiger partial charge is 0.243 e. The predicted octanol–water partition coefficient (Wildman–Crippen LogP) is 1.28. The Morgan fingerprint density at radius 1 is 1.29 bits per heavy atom. The molecule has 0 amide bonds. The Labute approximate surface area is 127 Å². The van der Waals surface area contributed by atoms with Crippen molar-refractivity contribution in [1.82, 2.24) is 9.21 Å². The second kappa shape index (κ2) is 6.87. The van der Waals surface area contributed by atoms with Gasteiger partial charge in [0, 0.05) is 19.1 Å². The summed E-state index contributed by atoms with van der Waals surface area (Å²) in [6.45, 7) is 6.88. The van der Waals surface area contributed by atoms with Gasteiger partial charge in [-0.15, -0.1) is 0 Å². The fourth-order valence-corrected chi connectivity index (χ4v) is 4.70. The number of rotatable bonds is 6. The van der Waals surface area contributed by atoms with E-state index in [-0.39, 0.29) is 17.5 Å². The lowest BCUT2D eigenvalue weighted by molar-refractivity contribution is 0.224. The van der Waals surface area contributed by atoms with Gasteiger partial charge in [-0.05, 0) is 31.1 Å². The molecule has 1 saturated heterocycles. The largest absolute Gasteiger partial charge is 0.392 e. The second-order valence-corrected chi connectivity index (χ2v) is 7.20.